The molecule has 0 aliphatic heterocycles. The predicted octanol–water partition coefficient (Wildman–Crippen LogP) is 17.4. The van der Waals surface area contributed by atoms with Crippen molar-refractivity contribution in [1.29, 1.82) is 0 Å². The van der Waals surface area contributed by atoms with Crippen LogP contribution in [0, 0.1) is 125 Å². The van der Waals surface area contributed by atoms with E-state index in [1.54, 1.807) is 0 Å². The fourth-order valence-corrected chi connectivity index (χ4v) is 15.8. The van der Waals surface area contributed by atoms with Crippen molar-refractivity contribution in [2.75, 3.05) is 0 Å². The van der Waals surface area contributed by atoms with Gasteiger partial charge in [-0.05, 0) is 245 Å². The second-order valence-electron chi connectivity index (χ2n) is 29.6. The van der Waals surface area contributed by atoms with Gasteiger partial charge in [-0.15, -0.1) is 0 Å². The van der Waals surface area contributed by atoms with Crippen LogP contribution in [-0.4, -0.2) is 0 Å². The number of rotatable bonds is 9. The van der Waals surface area contributed by atoms with Gasteiger partial charge in [0.1, 0.15) is 56.4 Å². The molecule has 0 saturated carbocycles. The van der Waals surface area contributed by atoms with Crippen LogP contribution in [0.2, 0.25) is 0 Å². The smallest absolute Gasteiger partial charge is 0.201 e. The summed E-state index contributed by atoms with van der Waals surface area (Å²) in [5, 5.41) is 0. The van der Waals surface area contributed by atoms with E-state index in [9.17, 15) is 0 Å². The van der Waals surface area contributed by atoms with Gasteiger partial charge in [0.05, 0.1) is 44.5 Å². The van der Waals surface area contributed by atoms with Crippen LogP contribution >= 0.6 is 0 Å². The maximum Gasteiger partial charge on any atom is 0.213 e. The molecule has 8 aromatic heterocycles. The summed E-state index contributed by atoms with van der Waals surface area (Å²) in [6.45, 7) is 44.1. The average molecular weight is 1340 g/mol. The number of benzene rings is 4. The van der Waals surface area contributed by atoms with E-state index in [2.05, 4.69) is 408 Å². The van der Waals surface area contributed by atoms with Crippen LogP contribution in [0.5, 0.6) is 0 Å². The first-order valence-electron chi connectivity index (χ1n) is 35.9. The molecule has 0 N–H and O–H groups in total. The van der Waals surface area contributed by atoms with Gasteiger partial charge in [-0.2, -0.15) is 0 Å². The summed E-state index contributed by atoms with van der Waals surface area (Å²) in [6, 6.07) is 46.8. The minimum Gasteiger partial charge on any atom is -0.201 e. The van der Waals surface area contributed by atoms with Crippen molar-refractivity contribution in [3.63, 3.8) is 0 Å². The highest BCUT2D eigenvalue weighted by molar-refractivity contribution is 5.82. The topological polar surface area (TPSA) is 31.0 Å². The third-order valence-electron chi connectivity index (χ3n) is 20.6. The number of hydrogen-bond donors (Lipinski definition) is 0. The first-order chi connectivity index (χ1) is 47.7. The van der Waals surface area contributed by atoms with Crippen molar-refractivity contribution in [3.05, 3.63) is 283 Å². The lowest BCUT2D eigenvalue weighted by Crippen LogP contribution is -2.32. The zero-order valence-corrected chi connectivity index (χ0v) is 66.4. The Morgan fingerprint density at radius 2 is 0.446 bits per heavy atom. The Kier molecular flexibility index (Phi) is 23.3. The van der Waals surface area contributed by atoms with E-state index in [0.717, 1.165) is 0 Å². The Balaban J connectivity index is 0.000000157. The molecule has 0 radical (unpaired) electrons. The summed E-state index contributed by atoms with van der Waals surface area (Å²) < 4.78 is 17.9. The van der Waals surface area contributed by atoms with Crippen LogP contribution in [0.15, 0.2) is 177 Å². The van der Waals surface area contributed by atoms with Gasteiger partial charge in [0, 0.05) is 94.5 Å². The van der Waals surface area contributed by atoms with E-state index in [-0.39, 0.29) is 0 Å². The Labute approximate surface area is 606 Å². The minimum atomic E-state index is 0.536. The van der Waals surface area contributed by atoms with Gasteiger partial charge < -0.3 is 0 Å². The van der Waals surface area contributed by atoms with Crippen molar-refractivity contribution >= 4 is 0 Å². The first kappa shape index (κ1) is 75.3. The van der Waals surface area contributed by atoms with Crippen LogP contribution in [0.4, 0.5) is 0 Å². The summed E-state index contributed by atoms with van der Waals surface area (Å²) in [6.07, 6.45) is 17.5. The number of hydrogen-bond acceptors (Lipinski definition) is 0. The van der Waals surface area contributed by atoms with E-state index >= 15 is 0 Å². The number of aryl methyl sites for hydroxylation is 22. The standard InChI is InChI=1S/C24H30N2.3C23H28N2/c1-16(2)20-11-12-22(26(7)15-20)24-18(4)14-17(3)23(19(24)5)21-10-8-9-13-25(21)6;1-15-8-10-20(24(6)13-15)22-17(3)12-18(4)23(19(22)5)21-11-9-16(2)14-25(21)7;2*1-15-10-11-24(6)21(12-15)23-18(4)13-17(3)22(19(23)5)20-9-8-16(2)14-25(20)7/h8-16H,1-7H3;3*8-14H,1-7H3/q4*+2. The maximum atomic E-state index is 2.32. The molecule has 101 heavy (non-hydrogen) atoms. The van der Waals surface area contributed by atoms with Crippen molar-refractivity contribution in [2.45, 2.75) is 144 Å². The maximum absolute atomic E-state index is 2.32. The van der Waals surface area contributed by atoms with E-state index in [1.165, 1.54) is 196 Å². The van der Waals surface area contributed by atoms with Gasteiger partial charge in [0.2, 0.25) is 45.6 Å². The number of nitrogens with zero attached hydrogens (tertiary/aromatic N) is 8. The summed E-state index contributed by atoms with van der Waals surface area (Å²) in [5.41, 5.74) is 45.9. The Hall–Kier alpha value is -9.92. The molecule has 8 heteroatoms. The minimum absolute atomic E-state index is 0.536. The van der Waals surface area contributed by atoms with Crippen LogP contribution < -0.4 is 36.5 Å². The lowest BCUT2D eigenvalue weighted by Gasteiger charge is -2.15. The molecular weight excluding hydrogens is 1230 g/mol. The van der Waals surface area contributed by atoms with Crippen LogP contribution in [0.3, 0.4) is 0 Å². The molecule has 0 amide bonds. The van der Waals surface area contributed by atoms with Gasteiger partial charge in [-0.1, -0.05) is 38.1 Å². The lowest BCUT2D eigenvalue weighted by atomic mass is 9.89. The van der Waals surface area contributed by atoms with E-state index in [0.29, 0.717) is 5.92 Å². The van der Waals surface area contributed by atoms with Crippen molar-refractivity contribution in [2.24, 2.45) is 56.4 Å². The summed E-state index contributed by atoms with van der Waals surface area (Å²) >= 11 is 0. The van der Waals surface area contributed by atoms with E-state index in [4.69, 9.17) is 0 Å². The molecule has 8 heterocycles. The second kappa shape index (κ2) is 31.3. The van der Waals surface area contributed by atoms with E-state index < -0.39 is 0 Å². The van der Waals surface area contributed by atoms with Crippen LogP contribution in [0.1, 0.15) is 125 Å². The molecule has 518 valence electrons. The molecule has 0 saturated heterocycles. The Bertz CT molecular complexity index is 4920. The summed E-state index contributed by atoms with van der Waals surface area (Å²) in [7, 11) is 17.0. The highest BCUT2D eigenvalue weighted by Crippen LogP contribution is 2.40. The molecule has 0 spiro atoms. The molecule has 0 fully saturated rings. The van der Waals surface area contributed by atoms with E-state index in [1.807, 2.05) is 0 Å². The molecule has 0 unspecified atom stereocenters. The predicted molar refractivity (Wildman–Crippen MR) is 418 cm³/mol. The van der Waals surface area contributed by atoms with Gasteiger partial charge in [0.25, 0.3) is 0 Å². The molecule has 12 rings (SSSR count). The van der Waals surface area contributed by atoms with Crippen molar-refractivity contribution < 1.29 is 36.5 Å². The highest BCUT2D eigenvalue weighted by atomic mass is 15.0. The van der Waals surface area contributed by atoms with Gasteiger partial charge in [-0.25, -0.2) is 36.5 Å². The average Bonchev–Trinajstić information content (AvgIpc) is 0.785. The largest absolute Gasteiger partial charge is 0.213 e. The third kappa shape index (κ3) is 16.1. The zero-order chi connectivity index (χ0) is 73.9. The molecule has 8 nitrogen and oxygen atoms in total. The lowest BCUT2D eigenvalue weighted by molar-refractivity contribution is -0.661. The molecule has 12 aromatic rings. The molecule has 0 atom stereocenters. The van der Waals surface area contributed by atoms with Crippen molar-refractivity contribution in [3.8, 4) is 90.1 Å². The highest BCUT2D eigenvalue weighted by Gasteiger charge is 2.29. The molecule has 0 aliphatic rings. The van der Waals surface area contributed by atoms with Crippen LogP contribution in [0.25, 0.3) is 90.1 Å². The number of pyridine rings is 8. The number of aromatic nitrogens is 8. The second-order valence-corrected chi connectivity index (χ2v) is 29.6. The molecule has 0 bridgehead atoms. The Morgan fingerprint density at radius 3 is 0.693 bits per heavy atom. The zero-order valence-electron chi connectivity index (χ0n) is 66.4. The van der Waals surface area contributed by atoms with Crippen molar-refractivity contribution in [1.82, 2.24) is 0 Å². The quantitative estimate of drug-likeness (QED) is 0.129. The summed E-state index contributed by atoms with van der Waals surface area (Å²) in [4.78, 5) is 0. The van der Waals surface area contributed by atoms with Crippen LogP contribution in [-0.2, 0) is 56.4 Å². The molecule has 0 aliphatic carbocycles. The fraction of sp³-hybridized carbons (Fsp3) is 0.312. The SMILES string of the molecule is Cc1cc(C)c(-c2ccc(C(C)C)c[n+]2C)c(C)c1-c1cccc[n+]1C.Cc1cc[n+](C)c(-c2c(C)cc(C)c(-c3ccc(C)c[n+]3C)c2C)c1.Cc1cc[n+](C)c(-c2c(C)cc(C)c(-c3ccc(C)c[n+]3C)c2C)c1.Cc1ccc(-c2c(C)cc(C)c(-c3ccc(C)c[n+]3C)c2C)[n+](C)c1. The third-order valence-corrected chi connectivity index (χ3v) is 20.6. The van der Waals surface area contributed by atoms with Gasteiger partial charge in [0.15, 0.2) is 49.6 Å². The molecule has 4 aromatic carbocycles. The normalized spacial score (nSPS) is 11.1. The first-order valence-corrected chi connectivity index (χ1v) is 35.9. The van der Waals surface area contributed by atoms with Gasteiger partial charge >= 0.3 is 0 Å². The van der Waals surface area contributed by atoms with Gasteiger partial charge in [-0.3, -0.25) is 0 Å². The monoisotopic (exact) mass is 1340 g/mol. The Morgan fingerprint density at radius 1 is 0.208 bits per heavy atom. The summed E-state index contributed by atoms with van der Waals surface area (Å²) in [5.74, 6) is 0.536. The molecular formula is C93H114N8+8. The fourth-order valence-electron chi connectivity index (χ4n) is 15.8.